The largest absolute Gasteiger partial charge is 0.330 e. The SMILES string of the molecule is CN(C(=O)c1cc2c(cc1C=O)CCNCC2)C1CCC(=O)NC1=O. The van der Waals surface area contributed by atoms with Crippen LogP contribution in [0, 0.1) is 0 Å². The summed E-state index contributed by atoms with van der Waals surface area (Å²) in [5, 5.41) is 5.55. The van der Waals surface area contributed by atoms with Gasteiger partial charge in [-0.1, -0.05) is 0 Å². The Morgan fingerprint density at radius 2 is 1.84 bits per heavy atom. The van der Waals surface area contributed by atoms with Crippen LogP contribution < -0.4 is 10.6 Å². The van der Waals surface area contributed by atoms with E-state index in [2.05, 4.69) is 10.6 Å². The van der Waals surface area contributed by atoms with E-state index in [1.54, 1.807) is 12.1 Å². The molecular weight excluding hydrogens is 322 g/mol. The van der Waals surface area contributed by atoms with E-state index in [0.29, 0.717) is 17.4 Å². The van der Waals surface area contributed by atoms with Gasteiger partial charge in [0.25, 0.3) is 5.91 Å². The summed E-state index contributed by atoms with van der Waals surface area (Å²) in [4.78, 5) is 49.0. The maximum atomic E-state index is 12.9. The second-order valence-electron chi connectivity index (χ2n) is 6.46. The van der Waals surface area contributed by atoms with E-state index in [4.69, 9.17) is 0 Å². The van der Waals surface area contributed by atoms with Gasteiger partial charge < -0.3 is 10.2 Å². The number of amides is 3. The number of fused-ring (bicyclic) bond motifs is 1. The molecular formula is C18H21N3O4. The van der Waals surface area contributed by atoms with Gasteiger partial charge in [0.2, 0.25) is 11.8 Å². The molecule has 25 heavy (non-hydrogen) atoms. The van der Waals surface area contributed by atoms with E-state index in [1.165, 1.54) is 11.9 Å². The molecule has 0 aliphatic carbocycles. The smallest absolute Gasteiger partial charge is 0.255 e. The molecule has 1 aromatic rings. The number of carbonyl (C=O) groups is 4. The first kappa shape index (κ1) is 17.3. The summed E-state index contributed by atoms with van der Waals surface area (Å²) in [5.41, 5.74) is 2.77. The summed E-state index contributed by atoms with van der Waals surface area (Å²) in [6, 6.07) is 2.85. The first-order valence-electron chi connectivity index (χ1n) is 8.44. The number of hydrogen-bond donors (Lipinski definition) is 2. The Morgan fingerprint density at radius 1 is 1.16 bits per heavy atom. The highest BCUT2D eigenvalue weighted by atomic mass is 16.2. The number of aldehydes is 1. The first-order chi connectivity index (χ1) is 12.0. The highest BCUT2D eigenvalue weighted by molar-refractivity contribution is 6.06. The molecule has 0 saturated carbocycles. The standard InChI is InChI=1S/C18H21N3O4/c1-21(15-2-3-16(23)20-17(15)24)18(25)14-9-12-5-7-19-6-4-11(12)8-13(14)10-22/h8-10,15,19H,2-7H2,1H3,(H,20,23,24). The van der Waals surface area contributed by atoms with Crippen molar-refractivity contribution in [3.8, 4) is 0 Å². The van der Waals surface area contributed by atoms with Crippen LogP contribution in [-0.2, 0) is 22.4 Å². The van der Waals surface area contributed by atoms with Crippen LogP contribution in [0.15, 0.2) is 12.1 Å². The molecule has 0 radical (unpaired) electrons. The number of likely N-dealkylation sites (N-methyl/N-ethyl adjacent to an activating group) is 1. The number of imide groups is 1. The fourth-order valence-corrected chi connectivity index (χ4v) is 3.41. The van der Waals surface area contributed by atoms with Gasteiger partial charge in [0, 0.05) is 19.0 Å². The van der Waals surface area contributed by atoms with Gasteiger partial charge in [-0.25, -0.2) is 0 Å². The Bertz CT molecular complexity index is 744. The van der Waals surface area contributed by atoms with Gasteiger partial charge in [-0.05, 0) is 55.6 Å². The predicted octanol–water partition coefficient (Wildman–Crippen LogP) is 0.0645. The van der Waals surface area contributed by atoms with Crippen molar-refractivity contribution < 1.29 is 19.2 Å². The van der Waals surface area contributed by atoms with Crippen LogP contribution >= 0.6 is 0 Å². The summed E-state index contributed by atoms with van der Waals surface area (Å²) >= 11 is 0. The van der Waals surface area contributed by atoms with E-state index in [1.807, 2.05) is 0 Å². The average Bonchev–Trinajstić information content (AvgIpc) is 2.84. The van der Waals surface area contributed by atoms with E-state index >= 15 is 0 Å². The Balaban J connectivity index is 1.90. The van der Waals surface area contributed by atoms with Crippen LogP contribution in [0.5, 0.6) is 0 Å². The number of nitrogens with one attached hydrogen (secondary N) is 2. The molecule has 3 rings (SSSR count). The van der Waals surface area contributed by atoms with Crippen molar-refractivity contribution in [3.05, 3.63) is 34.4 Å². The third-order valence-electron chi connectivity index (χ3n) is 4.87. The number of rotatable bonds is 3. The fraction of sp³-hybridized carbons (Fsp3) is 0.444. The topological polar surface area (TPSA) is 95.6 Å². The number of hydrogen-bond acceptors (Lipinski definition) is 5. The van der Waals surface area contributed by atoms with Crippen molar-refractivity contribution in [2.24, 2.45) is 0 Å². The highest BCUT2D eigenvalue weighted by Crippen LogP contribution is 2.22. The lowest BCUT2D eigenvalue weighted by Gasteiger charge is -2.30. The molecule has 1 fully saturated rings. The molecule has 1 saturated heterocycles. The molecule has 0 bridgehead atoms. The molecule has 1 aromatic carbocycles. The minimum Gasteiger partial charge on any atom is -0.330 e. The zero-order chi connectivity index (χ0) is 18.0. The monoisotopic (exact) mass is 343 g/mol. The fourth-order valence-electron chi connectivity index (χ4n) is 3.41. The van der Waals surface area contributed by atoms with Crippen LogP contribution in [0.25, 0.3) is 0 Å². The van der Waals surface area contributed by atoms with Gasteiger partial charge in [-0.3, -0.25) is 24.5 Å². The van der Waals surface area contributed by atoms with E-state index in [-0.39, 0.29) is 24.7 Å². The van der Waals surface area contributed by atoms with Gasteiger partial charge in [-0.15, -0.1) is 0 Å². The molecule has 0 spiro atoms. The maximum Gasteiger partial charge on any atom is 0.255 e. The van der Waals surface area contributed by atoms with Gasteiger partial charge >= 0.3 is 0 Å². The zero-order valence-corrected chi connectivity index (χ0v) is 14.1. The Labute approximate surface area is 145 Å². The average molecular weight is 343 g/mol. The second-order valence-corrected chi connectivity index (χ2v) is 6.46. The molecule has 1 atom stereocenters. The Morgan fingerprint density at radius 3 is 2.48 bits per heavy atom. The molecule has 2 N–H and O–H groups in total. The van der Waals surface area contributed by atoms with Gasteiger partial charge in [0.15, 0.2) is 6.29 Å². The zero-order valence-electron chi connectivity index (χ0n) is 14.1. The number of piperidine rings is 1. The van der Waals surface area contributed by atoms with Crippen LogP contribution in [-0.4, -0.2) is 55.1 Å². The summed E-state index contributed by atoms with van der Waals surface area (Å²) < 4.78 is 0. The van der Waals surface area contributed by atoms with Gasteiger partial charge in [0.1, 0.15) is 6.04 Å². The summed E-state index contributed by atoms with van der Waals surface area (Å²) in [5.74, 6) is -1.18. The molecule has 2 aliphatic rings. The second kappa shape index (κ2) is 7.14. The van der Waals surface area contributed by atoms with Crippen molar-refractivity contribution in [2.45, 2.75) is 31.7 Å². The number of carbonyl (C=O) groups excluding carboxylic acids is 4. The van der Waals surface area contributed by atoms with Crippen molar-refractivity contribution in [3.63, 3.8) is 0 Å². The van der Waals surface area contributed by atoms with Crippen LogP contribution in [0.3, 0.4) is 0 Å². The van der Waals surface area contributed by atoms with Crippen molar-refractivity contribution in [1.29, 1.82) is 0 Å². The first-order valence-corrected chi connectivity index (χ1v) is 8.44. The molecule has 0 aromatic heterocycles. The summed E-state index contributed by atoms with van der Waals surface area (Å²) in [7, 11) is 1.53. The normalized spacial score (nSPS) is 20.3. The van der Waals surface area contributed by atoms with Crippen LogP contribution in [0.4, 0.5) is 0 Å². The lowest BCUT2D eigenvalue weighted by Crippen LogP contribution is -2.53. The Kier molecular flexibility index (Phi) is 4.94. The molecule has 2 heterocycles. The molecule has 3 amide bonds. The molecule has 7 nitrogen and oxygen atoms in total. The van der Waals surface area contributed by atoms with E-state index in [9.17, 15) is 19.2 Å². The molecule has 2 aliphatic heterocycles. The minimum absolute atomic E-state index is 0.199. The maximum absolute atomic E-state index is 12.9. The third kappa shape index (κ3) is 3.46. The quantitative estimate of drug-likeness (QED) is 0.598. The molecule has 1 unspecified atom stereocenters. The molecule has 7 heteroatoms. The number of benzene rings is 1. The van der Waals surface area contributed by atoms with Crippen LogP contribution in [0.1, 0.15) is 44.7 Å². The lowest BCUT2D eigenvalue weighted by atomic mass is 9.94. The molecule has 132 valence electrons. The van der Waals surface area contributed by atoms with E-state index < -0.39 is 11.9 Å². The Hall–Kier alpha value is -2.54. The van der Waals surface area contributed by atoms with Gasteiger partial charge in [0.05, 0.1) is 5.56 Å². The lowest BCUT2D eigenvalue weighted by molar-refractivity contribution is -0.136. The third-order valence-corrected chi connectivity index (χ3v) is 4.87. The van der Waals surface area contributed by atoms with Crippen molar-refractivity contribution >= 4 is 24.0 Å². The number of nitrogens with zero attached hydrogens (tertiary/aromatic N) is 1. The highest BCUT2D eigenvalue weighted by Gasteiger charge is 2.33. The summed E-state index contributed by atoms with van der Waals surface area (Å²) in [6.45, 7) is 1.67. The van der Waals surface area contributed by atoms with Gasteiger partial charge in [-0.2, -0.15) is 0 Å². The van der Waals surface area contributed by atoms with E-state index in [0.717, 1.165) is 37.1 Å². The van der Waals surface area contributed by atoms with Crippen LogP contribution in [0.2, 0.25) is 0 Å². The predicted molar refractivity (Wildman–Crippen MR) is 90.4 cm³/mol. The van der Waals surface area contributed by atoms with Crippen molar-refractivity contribution in [2.75, 3.05) is 20.1 Å². The van der Waals surface area contributed by atoms with Crippen molar-refractivity contribution in [1.82, 2.24) is 15.5 Å². The minimum atomic E-state index is -0.704. The summed E-state index contributed by atoms with van der Waals surface area (Å²) in [6.07, 6.45) is 2.78.